The standard InChI is InChI=1S/C14H12F/c15-14-8-4-7-13(11-14)10-9-12-5-2-1-3-6-12/h1-9,11H,10H2. The quantitative estimate of drug-likeness (QED) is 0.708. The first-order valence-electron chi connectivity index (χ1n) is 4.97. The predicted molar refractivity (Wildman–Crippen MR) is 59.9 cm³/mol. The minimum absolute atomic E-state index is 0.172. The van der Waals surface area contributed by atoms with Gasteiger partial charge in [-0.25, -0.2) is 4.39 Å². The zero-order chi connectivity index (χ0) is 10.5. The van der Waals surface area contributed by atoms with E-state index in [9.17, 15) is 4.39 Å². The monoisotopic (exact) mass is 199 g/mol. The van der Waals surface area contributed by atoms with Gasteiger partial charge in [-0.15, -0.1) is 0 Å². The number of benzene rings is 2. The van der Waals surface area contributed by atoms with Crippen molar-refractivity contribution in [3.8, 4) is 0 Å². The van der Waals surface area contributed by atoms with Gasteiger partial charge in [0, 0.05) is 0 Å². The fraction of sp³-hybridized carbons (Fsp3) is 0.0714. The molecule has 2 rings (SSSR count). The Balaban J connectivity index is 1.99. The van der Waals surface area contributed by atoms with Gasteiger partial charge in [-0.1, -0.05) is 42.5 Å². The Hall–Kier alpha value is -1.63. The maximum absolute atomic E-state index is 12.9. The lowest BCUT2D eigenvalue weighted by molar-refractivity contribution is 0.626. The third kappa shape index (κ3) is 2.91. The lowest BCUT2D eigenvalue weighted by Crippen LogP contribution is -1.88. The first-order valence-corrected chi connectivity index (χ1v) is 4.97. The second kappa shape index (κ2) is 4.74. The molecule has 0 bridgehead atoms. The maximum Gasteiger partial charge on any atom is 0.123 e. The normalized spacial score (nSPS) is 10.2. The molecule has 0 unspecified atom stereocenters. The molecule has 75 valence electrons. The van der Waals surface area contributed by atoms with Crippen LogP contribution in [0.25, 0.3) is 0 Å². The second-order valence-electron chi connectivity index (χ2n) is 3.45. The summed E-state index contributed by atoms with van der Waals surface area (Å²) in [5.41, 5.74) is 2.17. The van der Waals surface area contributed by atoms with Crippen LogP contribution in [0, 0.1) is 12.2 Å². The van der Waals surface area contributed by atoms with E-state index in [0.29, 0.717) is 0 Å². The summed E-state index contributed by atoms with van der Waals surface area (Å²) < 4.78 is 12.9. The van der Waals surface area contributed by atoms with Crippen molar-refractivity contribution in [2.45, 2.75) is 6.42 Å². The summed E-state index contributed by atoms with van der Waals surface area (Å²) in [6.45, 7) is 0. The van der Waals surface area contributed by atoms with Gasteiger partial charge < -0.3 is 0 Å². The van der Waals surface area contributed by atoms with E-state index in [4.69, 9.17) is 0 Å². The van der Waals surface area contributed by atoms with Crippen molar-refractivity contribution in [1.82, 2.24) is 0 Å². The highest BCUT2D eigenvalue weighted by molar-refractivity contribution is 5.27. The topological polar surface area (TPSA) is 0 Å². The molecule has 2 aromatic rings. The Morgan fingerprint density at radius 3 is 2.47 bits per heavy atom. The molecular formula is C14H12F. The Bertz CT molecular complexity index is 420. The van der Waals surface area contributed by atoms with Crippen molar-refractivity contribution in [2.24, 2.45) is 0 Å². The third-order valence-corrected chi connectivity index (χ3v) is 2.26. The Morgan fingerprint density at radius 2 is 1.73 bits per heavy atom. The summed E-state index contributed by atoms with van der Waals surface area (Å²) in [5.74, 6) is -0.172. The van der Waals surface area contributed by atoms with Crippen LogP contribution < -0.4 is 0 Å². The van der Waals surface area contributed by atoms with Crippen LogP contribution in [0.3, 0.4) is 0 Å². The number of hydrogen-bond donors (Lipinski definition) is 0. The van der Waals surface area contributed by atoms with E-state index in [0.717, 1.165) is 12.0 Å². The molecule has 0 fully saturated rings. The Morgan fingerprint density at radius 1 is 0.933 bits per heavy atom. The number of halogens is 1. The zero-order valence-corrected chi connectivity index (χ0v) is 8.36. The van der Waals surface area contributed by atoms with Gasteiger partial charge in [-0.2, -0.15) is 0 Å². The third-order valence-electron chi connectivity index (χ3n) is 2.26. The van der Waals surface area contributed by atoms with Crippen LogP contribution in [-0.4, -0.2) is 0 Å². The van der Waals surface area contributed by atoms with E-state index in [1.165, 1.54) is 11.6 Å². The molecule has 0 saturated heterocycles. The molecule has 0 aromatic heterocycles. The molecule has 2 aromatic carbocycles. The van der Waals surface area contributed by atoms with Gasteiger partial charge in [0.2, 0.25) is 0 Å². The fourth-order valence-electron chi connectivity index (χ4n) is 1.49. The van der Waals surface area contributed by atoms with Crippen LogP contribution >= 0.6 is 0 Å². The molecule has 15 heavy (non-hydrogen) atoms. The van der Waals surface area contributed by atoms with Gasteiger partial charge in [-0.3, -0.25) is 0 Å². The smallest absolute Gasteiger partial charge is 0.123 e. The van der Waals surface area contributed by atoms with Crippen molar-refractivity contribution >= 4 is 0 Å². The highest BCUT2D eigenvalue weighted by Gasteiger charge is 1.96. The van der Waals surface area contributed by atoms with Crippen LogP contribution in [0.4, 0.5) is 4.39 Å². The lowest BCUT2D eigenvalue weighted by Gasteiger charge is -2.01. The fourth-order valence-corrected chi connectivity index (χ4v) is 1.49. The Kier molecular flexibility index (Phi) is 3.13. The van der Waals surface area contributed by atoms with E-state index >= 15 is 0 Å². The van der Waals surface area contributed by atoms with Crippen LogP contribution in [0.15, 0.2) is 54.6 Å². The van der Waals surface area contributed by atoms with Crippen molar-refractivity contribution in [3.63, 3.8) is 0 Å². The van der Waals surface area contributed by atoms with Crippen molar-refractivity contribution in [3.05, 3.63) is 78.0 Å². The first-order chi connectivity index (χ1) is 7.34. The molecular weight excluding hydrogens is 187 g/mol. The predicted octanol–water partition coefficient (Wildman–Crippen LogP) is 3.62. The van der Waals surface area contributed by atoms with Crippen molar-refractivity contribution in [2.75, 3.05) is 0 Å². The average molecular weight is 199 g/mol. The van der Waals surface area contributed by atoms with E-state index in [1.807, 2.05) is 36.4 Å². The molecule has 0 saturated carbocycles. The van der Waals surface area contributed by atoms with Gasteiger partial charge >= 0.3 is 0 Å². The van der Waals surface area contributed by atoms with E-state index < -0.39 is 0 Å². The summed E-state index contributed by atoms with van der Waals surface area (Å²) in [6, 6.07) is 16.8. The molecule has 0 heterocycles. The maximum atomic E-state index is 12.9. The van der Waals surface area contributed by atoms with Gasteiger partial charge in [0.25, 0.3) is 0 Å². The number of rotatable bonds is 3. The Labute approximate surface area is 89.4 Å². The summed E-state index contributed by atoms with van der Waals surface area (Å²) in [6.07, 6.45) is 2.86. The molecule has 1 heteroatoms. The van der Waals surface area contributed by atoms with Crippen LogP contribution in [0.5, 0.6) is 0 Å². The van der Waals surface area contributed by atoms with E-state index in [-0.39, 0.29) is 5.82 Å². The SMILES string of the molecule is Fc1cccc(C[CH]c2ccccc2)c1. The van der Waals surface area contributed by atoms with Crippen molar-refractivity contribution < 1.29 is 4.39 Å². The average Bonchev–Trinajstić information content (AvgIpc) is 2.28. The van der Waals surface area contributed by atoms with E-state index in [1.54, 1.807) is 12.1 Å². The molecule has 0 aliphatic rings. The molecule has 0 atom stereocenters. The first kappa shape index (κ1) is 9.91. The minimum Gasteiger partial charge on any atom is -0.207 e. The molecule has 0 nitrogen and oxygen atoms in total. The van der Waals surface area contributed by atoms with Crippen LogP contribution in [-0.2, 0) is 6.42 Å². The summed E-state index contributed by atoms with van der Waals surface area (Å²) >= 11 is 0. The van der Waals surface area contributed by atoms with Crippen LogP contribution in [0.2, 0.25) is 0 Å². The van der Waals surface area contributed by atoms with Crippen molar-refractivity contribution in [1.29, 1.82) is 0 Å². The highest BCUT2D eigenvalue weighted by Crippen LogP contribution is 2.10. The summed E-state index contributed by atoms with van der Waals surface area (Å²) in [5, 5.41) is 0. The van der Waals surface area contributed by atoms with Gasteiger partial charge in [0.1, 0.15) is 5.82 Å². The van der Waals surface area contributed by atoms with Gasteiger partial charge in [0.05, 0.1) is 0 Å². The summed E-state index contributed by atoms with van der Waals surface area (Å²) in [7, 11) is 0. The molecule has 1 radical (unpaired) electrons. The molecule has 0 spiro atoms. The molecule has 0 aliphatic carbocycles. The second-order valence-corrected chi connectivity index (χ2v) is 3.45. The lowest BCUT2D eigenvalue weighted by atomic mass is 10.0. The molecule has 0 amide bonds. The van der Waals surface area contributed by atoms with Crippen LogP contribution in [0.1, 0.15) is 11.1 Å². The summed E-state index contributed by atoms with van der Waals surface area (Å²) in [4.78, 5) is 0. The largest absolute Gasteiger partial charge is 0.207 e. The van der Waals surface area contributed by atoms with Gasteiger partial charge in [0.15, 0.2) is 0 Å². The zero-order valence-electron chi connectivity index (χ0n) is 8.36. The molecule has 0 aliphatic heterocycles. The van der Waals surface area contributed by atoms with Gasteiger partial charge in [-0.05, 0) is 36.1 Å². The highest BCUT2D eigenvalue weighted by atomic mass is 19.1. The number of hydrogen-bond acceptors (Lipinski definition) is 0. The molecule has 0 N–H and O–H groups in total. The van der Waals surface area contributed by atoms with E-state index in [2.05, 4.69) is 6.42 Å². The minimum atomic E-state index is -0.172.